The minimum atomic E-state index is -0.529. The van der Waals surface area contributed by atoms with Gasteiger partial charge in [-0.05, 0) is 72.6 Å². The van der Waals surface area contributed by atoms with Crippen molar-refractivity contribution < 1.29 is 28.5 Å². The smallest absolute Gasteiger partial charge is 0.408 e. The normalized spacial score (nSPS) is 12.3. The Hall–Kier alpha value is -2.56. The molecular formula is C25H37NO6. The molecule has 0 aromatic heterocycles. The number of nitrogens with one attached hydrogen (secondary N) is 1. The van der Waals surface area contributed by atoms with E-state index in [1.807, 2.05) is 72.7 Å². The van der Waals surface area contributed by atoms with Crippen molar-refractivity contribution in [3.05, 3.63) is 35.4 Å². The van der Waals surface area contributed by atoms with Crippen molar-refractivity contribution in [3.63, 3.8) is 0 Å². The Labute approximate surface area is 192 Å². The van der Waals surface area contributed by atoms with Crippen molar-refractivity contribution in [1.29, 1.82) is 0 Å². The van der Waals surface area contributed by atoms with Gasteiger partial charge in [0.25, 0.3) is 0 Å². The molecule has 178 valence electrons. The van der Waals surface area contributed by atoms with Crippen molar-refractivity contribution in [3.8, 4) is 11.8 Å². The van der Waals surface area contributed by atoms with Gasteiger partial charge in [-0.2, -0.15) is 0 Å². The SMILES string of the molecule is C[C@@H](NC(=O)OC(C)(C)C)c1ccc(C#CCOCCCOCC(=O)OC(C)(C)C)cc1. The molecule has 0 aliphatic heterocycles. The molecule has 0 spiro atoms. The molecule has 0 saturated carbocycles. The molecule has 1 amide bonds. The average Bonchev–Trinajstić information content (AvgIpc) is 2.64. The molecule has 0 bridgehead atoms. The van der Waals surface area contributed by atoms with E-state index in [1.54, 1.807) is 0 Å². The minimum Gasteiger partial charge on any atom is -0.458 e. The van der Waals surface area contributed by atoms with Gasteiger partial charge in [0.05, 0.1) is 12.6 Å². The maximum atomic E-state index is 11.9. The summed E-state index contributed by atoms with van der Waals surface area (Å²) in [6.45, 7) is 14.0. The number of carbonyl (C=O) groups is 2. The monoisotopic (exact) mass is 447 g/mol. The summed E-state index contributed by atoms with van der Waals surface area (Å²) >= 11 is 0. The van der Waals surface area contributed by atoms with Gasteiger partial charge in [0.1, 0.15) is 24.4 Å². The van der Waals surface area contributed by atoms with Gasteiger partial charge in [0.2, 0.25) is 0 Å². The molecule has 1 rings (SSSR count). The molecule has 1 atom stereocenters. The first-order valence-corrected chi connectivity index (χ1v) is 10.8. The van der Waals surface area contributed by atoms with E-state index in [-0.39, 0.29) is 18.6 Å². The lowest BCUT2D eigenvalue weighted by Crippen LogP contribution is -2.34. The fourth-order valence-electron chi connectivity index (χ4n) is 2.47. The second-order valence-electron chi connectivity index (χ2n) is 9.34. The van der Waals surface area contributed by atoms with Crippen LogP contribution in [0.25, 0.3) is 0 Å². The van der Waals surface area contributed by atoms with Crippen LogP contribution in [0.3, 0.4) is 0 Å². The Bertz CT molecular complexity index is 778. The largest absolute Gasteiger partial charge is 0.458 e. The lowest BCUT2D eigenvalue weighted by atomic mass is 10.1. The molecule has 0 radical (unpaired) electrons. The zero-order chi connectivity index (χ0) is 24.2. The number of carbonyl (C=O) groups excluding carboxylic acids is 2. The fourth-order valence-corrected chi connectivity index (χ4v) is 2.47. The van der Waals surface area contributed by atoms with Gasteiger partial charge >= 0.3 is 12.1 Å². The topological polar surface area (TPSA) is 83.1 Å². The van der Waals surface area contributed by atoms with Gasteiger partial charge in [0.15, 0.2) is 0 Å². The molecule has 1 aromatic carbocycles. The summed E-state index contributed by atoms with van der Waals surface area (Å²) in [5, 5.41) is 2.82. The van der Waals surface area contributed by atoms with Crippen LogP contribution < -0.4 is 5.32 Å². The molecule has 0 heterocycles. The van der Waals surface area contributed by atoms with E-state index in [1.165, 1.54) is 0 Å². The maximum absolute atomic E-state index is 11.9. The highest BCUT2D eigenvalue weighted by Crippen LogP contribution is 2.15. The number of esters is 1. The van der Waals surface area contributed by atoms with E-state index in [0.29, 0.717) is 26.2 Å². The molecule has 1 aromatic rings. The summed E-state index contributed by atoms with van der Waals surface area (Å²) in [4.78, 5) is 23.4. The number of hydrogen-bond donors (Lipinski definition) is 1. The zero-order valence-electron chi connectivity index (χ0n) is 20.4. The highest BCUT2D eigenvalue weighted by molar-refractivity contribution is 5.71. The van der Waals surface area contributed by atoms with Gasteiger partial charge in [-0.15, -0.1) is 0 Å². The number of rotatable bonds is 9. The number of hydrogen-bond acceptors (Lipinski definition) is 6. The number of alkyl carbamates (subject to hydrolysis) is 1. The Kier molecular flexibility index (Phi) is 11.2. The molecule has 0 aliphatic carbocycles. The molecule has 0 unspecified atom stereocenters. The molecule has 0 fully saturated rings. The zero-order valence-corrected chi connectivity index (χ0v) is 20.4. The number of ether oxygens (including phenoxy) is 4. The summed E-state index contributed by atoms with van der Waals surface area (Å²) < 4.78 is 21.2. The molecular weight excluding hydrogens is 410 g/mol. The van der Waals surface area contributed by atoms with Crippen LogP contribution in [0, 0.1) is 11.8 Å². The van der Waals surface area contributed by atoms with Crippen LogP contribution in [-0.4, -0.2) is 49.7 Å². The maximum Gasteiger partial charge on any atom is 0.408 e. The Morgan fingerprint density at radius 3 is 2.12 bits per heavy atom. The highest BCUT2D eigenvalue weighted by Gasteiger charge is 2.18. The summed E-state index contributed by atoms with van der Waals surface area (Å²) in [6, 6.07) is 7.48. The van der Waals surface area contributed by atoms with Gasteiger partial charge in [0, 0.05) is 12.2 Å². The summed E-state index contributed by atoms with van der Waals surface area (Å²) in [5.41, 5.74) is 0.794. The molecule has 0 saturated heterocycles. The highest BCUT2D eigenvalue weighted by atomic mass is 16.6. The first-order chi connectivity index (χ1) is 14.9. The second-order valence-corrected chi connectivity index (χ2v) is 9.34. The predicted molar refractivity (Wildman–Crippen MR) is 123 cm³/mol. The molecule has 0 aliphatic rings. The number of amides is 1. The van der Waals surface area contributed by atoms with Crippen molar-refractivity contribution in [1.82, 2.24) is 5.32 Å². The fraction of sp³-hybridized carbons (Fsp3) is 0.600. The summed E-state index contributed by atoms with van der Waals surface area (Å²) in [7, 11) is 0. The van der Waals surface area contributed by atoms with E-state index in [4.69, 9.17) is 18.9 Å². The van der Waals surface area contributed by atoms with Crippen LogP contribution in [-0.2, 0) is 23.7 Å². The van der Waals surface area contributed by atoms with Crippen LogP contribution in [0.4, 0.5) is 4.79 Å². The van der Waals surface area contributed by atoms with Crippen molar-refractivity contribution >= 4 is 12.1 Å². The van der Waals surface area contributed by atoms with Gasteiger partial charge in [-0.1, -0.05) is 24.0 Å². The quantitative estimate of drug-likeness (QED) is 0.343. The van der Waals surface area contributed by atoms with E-state index in [2.05, 4.69) is 17.2 Å². The van der Waals surface area contributed by atoms with E-state index < -0.39 is 17.3 Å². The standard InChI is InChI=1S/C25H37NO6/c1-19(26-23(28)32-25(5,6)7)21-13-11-20(12-14-21)10-8-15-29-16-9-17-30-18-22(27)31-24(2,3)4/h11-14,19H,9,15-18H2,1-7H3,(H,26,28)/t19-/m1/s1. The molecule has 7 nitrogen and oxygen atoms in total. The van der Waals surface area contributed by atoms with Gasteiger partial charge < -0.3 is 24.3 Å². The lowest BCUT2D eigenvalue weighted by Gasteiger charge is -2.22. The van der Waals surface area contributed by atoms with E-state index in [0.717, 1.165) is 11.1 Å². The first kappa shape index (κ1) is 27.5. The summed E-state index contributed by atoms with van der Waals surface area (Å²) in [6.07, 6.45) is 0.225. The van der Waals surface area contributed by atoms with Crippen molar-refractivity contribution in [2.45, 2.75) is 72.1 Å². The van der Waals surface area contributed by atoms with Crippen LogP contribution in [0.5, 0.6) is 0 Å². The molecule has 1 N–H and O–H groups in total. The third-order valence-corrected chi connectivity index (χ3v) is 3.77. The minimum absolute atomic E-state index is 0.0566. The summed E-state index contributed by atoms with van der Waals surface area (Å²) in [5.74, 6) is 5.64. The number of benzene rings is 1. The van der Waals surface area contributed by atoms with Crippen LogP contribution >= 0.6 is 0 Å². The average molecular weight is 448 g/mol. The Morgan fingerprint density at radius 1 is 0.938 bits per heavy atom. The Balaban J connectivity index is 2.24. The lowest BCUT2D eigenvalue weighted by molar-refractivity contribution is -0.160. The van der Waals surface area contributed by atoms with Crippen molar-refractivity contribution in [2.75, 3.05) is 26.4 Å². The molecule has 32 heavy (non-hydrogen) atoms. The predicted octanol–water partition coefficient (Wildman–Crippen LogP) is 4.39. The van der Waals surface area contributed by atoms with E-state index in [9.17, 15) is 9.59 Å². The molecule has 7 heteroatoms. The van der Waals surface area contributed by atoms with Crippen LogP contribution in [0.15, 0.2) is 24.3 Å². The van der Waals surface area contributed by atoms with Crippen LogP contribution in [0.2, 0.25) is 0 Å². The van der Waals surface area contributed by atoms with Gasteiger partial charge in [-0.25, -0.2) is 9.59 Å². The third-order valence-electron chi connectivity index (χ3n) is 3.77. The first-order valence-electron chi connectivity index (χ1n) is 10.8. The Morgan fingerprint density at radius 2 is 1.53 bits per heavy atom. The third kappa shape index (κ3) is 13.7. The van der Waals surface area contributed by atoms with Crippen LogP contribution in [0.1, 0.15) is 72.1 Å². The van der Waals surface area contributed by atoms with Gasteiger partial charge in [-0.3, -0.25) is 0 Å². The van der Waals surface area contributed by atoms with E-state index >= 15 is 0 Å². The second kappa shape index (κ2) is 13.1. The van der Waals surface area contributed by atoms with Crippen molar-refractivity contribution in [2.24, 2.45) is 0 Å².